The van der Waals surface area contributed by atoms with Gasteiger partial charge < -0.3 is 10.8 Å². The molecule has 1 aromatic carbocycles. The predicted molar refractivity (Wildman–Crippen MR) is 85.0 cm³/mol. The van der Waals surface area contributed by atoms with Gasteiger partial charge >= 0.3 is 5.97 Å². The van der Waals surface area contributed by atoms with Crippen molar-refractivity contribution in [2.75, 3.05) is 12.8 Å². The first-order valence-electron chi connectivity index (χ1n) is 5.99. The fourth-order valence-corrected chi connectivity index (χ4v) is 3.59. The lowest BCUT2D eigenvalue weighted by Crippen LogP contribution is -2.19. The van der Waals surface area contributed by atoms with E-state index in [1.54, 1.807) is 29.5 Å². The summed E-state index contributed by atoms with van der Waals surface area (Å²) in [6, 6.07) is 7.27. The summed E-state index contributed by atoms with van der Waals surface area (Å²) in [6.07, 6.45) is 0. The van der Waals surface area contributed by atoms with Crippen LogP contribution < -0.4 is 5.73 Å². The molecule has 0 amide bonds. The van der Waals surface area contributed by atoms with Gasteiger partial charge in [-0.05, 0) is 40.7 Å². The third kappa shape index (κ3) is 3.59. The van der Waals surface area contributed by atoms with Gasteiger partial charge in [-0.2, -0.15) is 0 Å². The van der Waals surface area contributed by atoms with Crippen LogP contribution in [0.3, 0.4) is 0 Å². The zero-order valence-electron chi connectivity index (χ0n) is 11.0. The molecule has 4 nitrogen and oxygen atoms in total. The van der Waals surface area contributed by atoms with Crippen molar-refractivity contribution in [2.24, 2.45) is 0 Å². The molecule has 0 unspecified atom stereocenters. The normalized spacial score (nSPS) is 10.9. The molecule has 0 saturated carbocycles. The van der Waals surface area contributed by atoms with Gasteiger partial charge in [0, 0.05) is 33.5 Å². The van der Waals surface area contributed by atoms with Crippen LogP contribution in [0.5, 0.6) is 0 Å². The molecule has 0 saturated heterocycles. The maximum atomic E-state index is 11.3. The number of benzene rings is 1. The highest BCUT2D eigenvalue weighted by atomic mass is 79.9. The molecule has 2 aromatic rings. The highest BCUT2D eigenvalue weighted by Gasteiger charge is 2.15. The molecule has 0 aliphatic rings. The molecule has 20 heavy (non-hydrogen) atoms. The van der Waals surface area contributed by atoms with E-state index in [1.807, 2.05) is 12.4 Å². The monoisotopic (exact) mass is 354 g/mol. The molecule has 0 spiro atoms. The third-order valence-corrected chi connectivity index (χ3v) is 4.57. The average Bonchev–Trinajstić information content (AvgIpc) is 2.74. The summed E-state index contributed by atoms with van der Waals surface area (Å²) in [5, 5.41) is 11.3. The number of hydrogen-bond acceptors (Lipinski definition) is 4. The first-order valence-corrected chi connectivity index (χ1v) is 7.66. The van der Waals surface area contributed by atoms with E-state index >= 15 is 0 Å². The number of nitrogen functional groups attached to an aromatic ring is 1. The Kier molecular flexibility index (Phi) is 4.80. The van der Waals surface area contributed by atoms with Crippen molar-refractivity contribution in [3.8, 4) is 0 Å². The first kappa shape index (κ1) is 15.0. The molecule has 0 atom stereocenters. The van der Waals surface area contributed by atoms with Gasteiger partial charge in [0.1, 0.15) is 0 Å². The second-order valence-corrected chi connectivity index (χ2v) is 6.50. The van der Waals surface area contributed by atoms with E-state index in [0.29, 0.717) is 12.2 Å². The molecule has 0 bridgehead atoms. The van der Waals surface area contributed by atoms with E-state index in [4.69, 9.17) is 5.73 Å². The summed E-state index contributed by atoms with van der Waals surface area (Å²) in [7, 11) is 1.96. The predicted octanol–water partition coefficient (Wildman–Crippen LogP) is 3.42. The second-order valence-electron chi connectivity index (χ2n) is 4.59. The van der Waals surface area contributed by atoms with Crippen LogP contribution in [-0.4, -0.2) is 23.0 Å². The topological polar surface area (TPSA) is 66.6 Å². The maximum absolute atomic E-state index is 11.3. The summed E-state index contributed by atoms with van der Waals surface area (Å²) in [5.41, 5.74) is 6.99. The second kappa shape index (κ2) is 6.39. The molecule has 1 heterocycles. The smallest absolute Gasteiger partial charge is 0.338 e. The number of nitrogens with zero attached hydrogens (tertiary/aromatic N) is 1. The van der Waals surface area contributed by atoms with Crippen molar-refractivity contribution in [2.45, 2.75) is 13.1 Å². The van der Waals surface area contributed by atoms with Gasteiger partial charge in [0.25, 0.3) is 0 Å². The Balaban J connectivity index is 2.13. The number of thiophene rings is 1. The van der Waals surface area contributed by atoms with Crippen molar-refractivity contribution >= 4 is 38.9 Å². The summed E-state index contributed by atoms with van der Waals surface area (Å²) < 4.78 is 1.07. The Morgan fingerprint density at radius 2 is 2.20 bits per heavy atom. The van der Waals surface area contributed by atoms with Gasteiger partial charge in [0.15, 0.2) is 0 Å². The summed E-state index contributed by atoms with van der Waals surface area (Å²) in [6.45, 7) is 1.31. The van der Waals surface area contributed by atoms with E-state index in [0.717, 1.165) is 16.6 Å². The highest BCUT2D eigenvalue weighted by molar-refractivity contribution is 9.10. The Hall–Kier alpha value is -1.37. The van der Waals surface area contributed by atoms with Gasteiger partial charge in [-0.3, -0.25) is 4.90 Å². The summed E-state index contributed by atoms with van der Waals surface area (Å²) >= 11 is 5.10. The highest BCUT2D eigenvalue weighted by Crippen LogP contribution is 2.23. The fraction of sp³-hybridized carbons (Fsp3) is 0.214. The standard InChI is InChI=1S/C14H15BrN2O2S/c1-17(7-11-5-10(15)8-20-11)6-9-3-2-4-12(16)13(9)14(18)19/h2-5,8H,6-7,16H2,1H3,(H,18,19). The number of carboxylic acids is 1. The Bertz CT molecular complexity index is 627. The molecule has 0 aliphatic carbocycles. The van der Waals surface area contributed by atoms with Crippen LogP contribution in [0.2, 0.25) is 0 Å². The van der Waals surface area contributed by atoms with Crippen molar-refractivity contribution in [3.63, 3.8) is 0 Å². The first-order chi connectivity index (χ1) is 9.47. The zero-order chi connectivity index (χ0) is 14.7. The van der Waals surface area contributed by atoms with Crippen LogP contribution in [0.1, 0.15) is 20.8 Å². The number of hydrogen-bond donors (Lipinski definition) is 2. The van der Waals surface area contributed by atoms with Crippen molar-refractivity contribution in [1.29, 1.82) is 0 Å². The van der Waals surface area contributed by atoms with Gasteiger partial charge in [-0.1, -0.05) is 12.1 Å². The van der Waals surface area contributed by atoms with Crippen LogP contribution in [0, 0.1) is 0 Å². The van der Waals surface area contributed by atoms with Crippen LogP contribution in [0.15, 0.2) is 34.1 Å². The average molecular weight is 355 g/mol. The summed E-state index contributed by atoms with van der Waals surface area (Å²) in [5.74, 6) is -0.981. The van der Waals surface area contributed by atoms with Crippen LogP contribution in [-0.2, 0) is 13.1 Å². The number of aromatic carboxylic acids is 1. The summed E-state index contributed by atoms with van der Waals surface area (Å²) in [4.78, 5) is 14.6. The fourth-order valence-electron chi connectivity index (χ4n) is 2.06. The minimum atomic E-state index is -0.981. The molecule has 6 heteroatoms. The zero-order valence-corrected chi connectivity index (χ0v) is 13.4. The number of rotatable bonds is 5. The van der Waals surface area contributed by atoms with E-state index < -0.39 is 5.97 Å². The van der Waals surface area contributed by atoms with Gasteiger partial charge in [-0.25, -0.2) is 4.79 Å². The van der Waals surface area contributed by atoms with Gasteiger partial charge in [-0.15, -0.1) is 11.3 Å². The molecule has 1 aromatic heterocycles. The molecular formula is C14H15BrN2O2S. The number of halogens is 1. The molecule has 2 rings (SSSR count). The number of nitrogens with two attached hydrogens (primary N) is 1. The van der Waals surface area contributed by atoms with Crippen molar-refractivity contribution < 1.29 is 9.90 Å². The van der Waals surface area contributed by atoms with E-state index in [9.17, 15) is 9.90 Å². The molecule has 0 fully saturated rings. The Labute approximate surface area is 130 Å². The lowest BCUT2D eigenvalue weighted by atomic mass is 10.1. The number of carboxylic acid groups (broad SMARTS) is 1. The third-order valence-electron chi connectivity index (χ3n) is 2.88. The van der Waals surface area contributed by atoms with E-state index in [1.165, 1.54) is 4.88 Å². The molecule has 0 aliphatic heterocycles. The van der Waals surface area contributed by atoms with Crippen LogP contribution in [0.4, 0.5) is 5.69 Å². The van der Waals surface area contributed by atoms with Crippen molar-refractivity contribution in [1.82, 2.24) is 4.90 Å². The van der Waals surface area contributed by atoms with E-state index in [-0.39, 0.29) is 5.56 Å². The lowest BCUT2D eigenvalue weighted by Gasteiger charge is -2.17. The Morgan fingerprint density at radius 1 is 1.45 bits per heavy atom. The molecule has 106 valence electrons. The quantitative estimate of drug-likeness (QED) is 0.807. The van der Waals surface area contributed by atoms with E-state index in [2.05, 4.69) is 26.9 Å². The van der Waals surface area contributed by atoms with Crippen molar-refractivity contribution in [3.05, 3.63) is 50.1 Å². The number of anilines is 1. The lowest BCUT2D eigenvalue weighted by molar-refractivity contribution is 0.0696. The molecule has 3 N–H and O–H groups in total. The molecule has 0 radical (unpaired) electrons. The minimum absolute atomic E-state index is 0.201. The van der Waals surface area contributed by atoms with Gasteiger partial charge in [0.2, 0.25) is 0 Å². The van der Waals surface area contributed by atoms with Crippen LogP contribution in [0.25, 0.3) is 0 Å². The SMILES string of the molecule is CN(Cc1cc(Br)cs1)Cc1cccc(N)c1C(=O)O. The maximum Gasteiger partial charge on any atom is 0.338 e. The number of carbonyl (C=O) groups is 1. The minimum Gasteiger partial charge on any atom is -0.478 e. The largest absolute Gasteiger partial charge is 0.478 e. The molecular weight excluding hydrogens is 340 g/mol. The van der Waals surface area contributed by atoms with Crippen LogP contribution >= 0.6 is 27.3 Å². The van der Waals surface area contributed by atoms with Gasteiger partial charge in [0.05, 0.1) is 5.56 Å². The Morgan fingerprint density at radius 3 is 2.80 bits per heavy atom.